The molecule has 0 aromatic carbocycles. The second-order valence-electron chi connectivity index (χ2n) is 3.25. The van der Waals surface area contributed by atoms with Crippen LogP contribution in [0.25, 0.3) is 0 Å². The van der Waals surface area contributed by atoms with Gasteiger partial charge in [-0.2, -0.15) is 13.2 Å². The summed E-state index contributed by atoms with van der Waals surface area (Å²) in [6, 6.07) is 2.66. The van der Waals surface area contributed by atoms with Crippen LogP contribution < -0.4 is 5.56 Å². The quantitative estimate of drug-likeness (QED) is 0.874. The molecule has 1 heterocycles. The number of aryl methyl sites for hydroxylation is 1. The summed E-state index contributed by atoms with van der Waals surface area (Å²) in [5, 5.41) is 8.77. The largest absolute Gasteiger partial charge is 0.416 e. The Morgan fingerprint density at radius 3 is 2.35 bits per heavy atom. The van der Waals surface area contributed by atoms with Crippen molar-refractivity contribution >= 4 is 0 Å². The van der Waals surface area contributed by atoms with Crippen LogP contribution in [-0.4, -0.2) is 22.0 Å². The molecule has 0 amide bonds. The molecule has 0 spiro atoms. The van der Waals surface area contributed by atoms with E-state index >= 15 is 0 Å². The van der Waals surface area contributed by atoms with Gasteiger partial charge in [0, 0.05) is 12.3 Å². The molecular formula is C11H16F3NO2. The second-order valence-corrected chi connectivity index (χ2v) is 3.25. The molecule has 0 aliphatic rings. The van der Waals surface area contributed by atoms with E-state index in [0.717, 1.165) is 4.57 Å². The number of rotatable bonds is 2. The molecule has 98 valence electrons. The fourth-order valence-electron chi connectivity index (χ4n) is 1.08. The van der Waals surface area contributed by atoms with Crippen LogP contribution in [0.3, 0.4) is 0 Å². The van der Waals surface area contributed by atoms with Crippen molar-refractivity contribution in [3.63, 3.8) is 0 Å². The molecule has 17 heavy (non-hydrogen) atoms. The molecule has 0 aliphatic carbocycles. The van der Waals surface area contributed by atoms with Crippen molar-refractivity contribution in [3.8, 4) is 0 Å². The summed E-state index contributed by atoms with van der Waals surface area (Å²) >= 11 is 0. The zero-order chi connectivity index (χ0) is 13.6. The lowest BCUT2D eigenvalue weighted by Crippen LogP contribution is -2.36. The van der Waals surface area contributed by atoms with Crippen molar-refractivity contribution in [3.05, 3.63) is 34.2 Å². The number of halogens is 3. The van der Waals surface area contributed by atoms with Gasteiger partial charge in [0.2, 0.25) is 0 Å². The summed E-state index contributed by atoms with van der Waals surface area (Å²) in [4.78, 5) is 11.1. The van der Waals surface area contributed by atoms with Crippen LogP contribution in [0.15, 0.2) is 23.1 Å². The number of aliphatic hydroxyl groups excluding tert-OH is 1. The van der Waals surface area contributed by atoms with Crippen LogP contribution in [0.1, 0.15) is 19.4 Å². The van der Waals surface area contributed by atoms with Crippen molar-refractivity contribution in [2.24, 2.45) is 0 Å². The molecule has 0 saturated carbocycles. The standard InChI is InChI=1S/C9H10F3NO2.C2H6/c1-6-2-3-8(15)13(4-6)5-7(14)9(10,11)12;1-2/h2-4,7,14H,5H2,1H3;1-2H3/t7-;/m1./s1. The Morgan fingerprint density at radius 1 is 1.35 bits per heavy atom. The highest BCUT2D eigenvalue weighted by molar-refractivity contribution is 5.07. The Kier molecular flexibility index (Phi) is 5.95. The monoisotopic (exact) mass is 251 g/mol. The highest BCUT2D eigenvalue weighted by Crippen LogP contribution is 2.20. The molecule has 0 fully saturated rings. The average Bonchev–Trinajstić information content (AvgIpc) is 2.25. The van der Waals surface area contributed by atoms with Gasteiger partial charge < -0.3 is 9.67 Å². The van der Waals surface area contributed by atoms with Gasteiger partial charge in [-0.15, -0.1) is 0 Å². The third-order valence-corrected chi connectivity index (χ3v) is 1.88. The summed E-state index contributed by atoms with van der Waals surface area (Å²) in [6.07, 6.45) is -5.95. The number of pyridine rings is 1. The lowest BCUT2D eigenvalue weighted by molar-refractivity contribution is -0.207. The molecule has 1 rings (SSSR count). The highest BCUT2D eigenvalue weighted by atomic mass is 19.4. The molecular weight excluding hydrogens is 235 g/mol. The Balaban J connectivity index is 0.00000121. The number of hydrogen-bond acceptors (Lipinski definition) is 2. The van der Waals surface area contributed by atoms with E-state index in [9.17, 15) is 18.0 Å². The average molecular weight is 251 g/mol. The molecule has 1 atom stereocenters. The van der Waals surface area contributed by atoms with Crippen molar-refractivity contribution in [1.29, 1.82) is 0 Å². The summed E-state index contributed by atoms with van der Waals surface area (Å²) in [6.45, 7) is 4.87. The minimum Gasteiger partial charge on any atom is -0.382 e. The van der Waals surface area contributed by atoms with Gasteiger partial charge in [-0.25, -0.2) is 0 Å². The van der Waals surface area contributed by atoms with E-state index < -0.39 is 24.4 Å². The van der Waals surface area contributed by atoms with Crippen molar-refractivity contribution < 1.29 is 18.3 Å². The fraction of sp³-hybridized carbons (Fsp3) is 0.545. The van der Waals surface area contributed by atoms with Crippen LogP contribution in [0.4, 0.5) is 13.2 Å². The SMILES string of the molecule is CC.Cc1ccc(=O)n(C[C@@H](O)C(F)(F)F)c1. The Hall–Kier alpha value is -1.30. The van der Waals surface area contributed by atoms with Gasteiger partial charge in [-0.3, -0.25) is 4.79 Å². The first-order valence-corrected chi connectivity index (χ1v) is 5.22. The smallest absolute Gasteiger partial charge is 0.382 e. The molecule has 0 saturated heterocycles. The normalized spacial score (nSPS) is 12.6. The molecule has 0 unspecified atom stereocenters. The molecule has 1 aromatic heterocycles. The third kappa shape index (κ3) is 5.04. The lowest BCUT2D eigenvalue weighted by Gasteiger charge is -2.15. The van der Waals surface area contributed by atoms with Crippen LogP contribution in [0, 0.1) is 6.92 Å². The molecule has 0 radical (unpaired) electrons. The van der Waals surface area contributed by atoms with Crippen molar-refractivity contribution in [2.45, 2.75) is 39.6 Å². The predicted molar refractivity (Wildman–Crippen MR) is 58.8 cm³/mol. The summed E-state index contributed by atoms with van der Waals surface area (Å²) < 4.78 is 36.8. The van der Waals surface area contributed by atoms with Crippen molar-refractivity contribution in [1.82, 2.24) is 4.57 Å². The van der Waals surface area contributed by atoms with Crippen LogP contribution in [0.5, 0.6) is 0 Å². The second kappa shape index (κ2) is 6.44. The zero-order valence-electron chi connectivity index (χ0n) is 9.95. The third-order valence-electron chi connectivity index (χ3n) is 1.88. The van der Waals surface area contributed by atoms with E-state index in [2.05, 4.69) is 0 Å². The lowest BCUT2D eigenvalue weighted by atomic mass is 10.3. The number of hydrogen-bond donors (Lipinski definition) is 1. The first kappa shape index (κ1) is 15.7. The molecule has 1 N–H and O–H groups in total. The van der Waals surface area contributed by atoms with Gasteiger partial charge in [-0.05, 0) is 12.5 Å². The first-order valence-electron chi connectivity index (χ1n) is 5.22. The van der Waals surface area contributed by atoms with Gasteiger partial charge in [0.1, 0.15) is 0 Å². The Labute approximate surface area is 97.5 Å². The molecule has 0 aliphatic heterocycles. The van der Waals surface area contributed by atoms with Gasteiger partial charge in [-0.1, -0.05) is 19.9 Å². The van der Waals surface area contributed by atoms with E-state index in [1.54, 1.807) is 6.92 Å². The fourth-order valence-corrected chi connectivity index (χ4v) is 1.08. The van der Waals surface area contributed by atoms with Crippen LogP contribution in [-0.2, 0) is 6.54 Å². The van der Waals surface area contributed by atoms with E-state index in [1.165, 1.54) is 18.3 Å². The van der Waals surface area contributed by atoms with Gasteiger partial charge in [0.05, 0.1) is 6.54 Å². The Morgan fingerprint density at radius 2 is 1.88 bits per heavy atom. The molecule has 3 nitrogen and oxygen atoms in total. The topological polar surface area (TPSA) is 42.2 Å². The number of nitrogens with zero attached hydrogens (tertiary/aromatic N) is 1. The summed E-state index contributed by atoms with van der Waals surface area (Å²) in [7, 11) is 0. The number of alkyl halides is 3. The van der Waals surface area contributed by atoms with E-state index in [1.807, 2.05) is 13.8 Å². The summed E-state index contributed by atoms with van der Waals surface area (Å²) in [5.74, 6) is 0. The van der Waals surface area contributed by atoms with E-state index in [-0.39, 0.29) is 0 Å². The highest BCUT2D eigenvalue weighted by Gasteiger charge is 2.38. The maximum absolute atomic E-state index is 12.0. The number of aliphatic hydroxyl groups is 1. The maximum atomic E-state index is 12.0. The maximum Gasteiger partial charge on any atom is 0.416 e. The van der Waals surface area contributed by atoms with Gasteiger partial charge in [0.25, 0.3) is 5.56 Å². The van der Waals surface area contributed by atoms with Gasteiger partial charge >= 0.3 is 6.18 Å². The zero-order valence-corrected chi connectivity index (χ0v) is 9.95. The van der Waals surface area contributed by atoms with E-state index in [0.29, 0.717) is 5.56 Å². The molecule has 1 aromatic rings. The van der Waals surface area contributed by atoms with Crippen LogP contribution in [0.2, 0.25) is 0 Å². The minimum atomic E-state index is -4.71. The molecule has 0 bridgehead atoms. The van der Waals surface area contributed by atoms with Gasteiger partial charge in [0.15, 0.2) is 6.10 Å². The predicted octanol–water partition coefficient (Wildman–Crippen LogP) is 2.11. The number of aromatic nitrogens is 1. The minimum absolute atomic E-state index is 0.566. The van der Waals surface area contributed by atoms with Crippen LogP contribution >= 0.6 is 0 Å². The van der Waals surface area contributed by atoms with E-state index in [4.69, 9.17) is 5.11 Å². The molecule has 6 heteroatoms. The first-order chi connectivity index (χ1) is 7.80. The van der Waals surface area contributed by atoms with Crippen molar-refractivity contribution in [2.75, 3.05) is 0 Å². The summed E-state index contributed by atoms with van der Waals surface area (Å²) in [5.41, 5.74) is 0.0906. The Bertz CT molecular complexity index is 398.